The third-order valence-electron chi connectivity index (χ3n) is 3.82. The maximum absolute atomic E-state index is 12.6. The van der Waals surface area contributed by atoms with E-state index in [1.165, 1.54) is 11.8 Å². The first kappa shape index (κ1) is 18.4. The third kappa shape index (κ3) is 4.42. The Labute approximate surface area is 161 Å². The second-order valence-corrected chi connectivity index (χ2v) is 7.64. The highest BCUT2D eigenvalue weighted by atomic mass is 32.2. The average Bonchev–Trinajstić information content (AvgIpc) is 3.30. The minimum absolute atomic E-state index is 0.0626. The number of rotatable bonds is 8. The summed E-state index contributed by atoms with van der Waals surface area (Å²) in [7, 11) is 1.92. The van der Waals surface area contributed by atoms with Crippen molar-refractivity contribution in [3.63, 3.8) is 0 Å². The smallest absolute Gasteiger partial charge is 0.233 e. The number of hydrogen-bond donors (Lipinski definition) is 0. The minimum atomic E-state index is 0.0626. The molecule has 26 heavy (non-hydrogen) atoms. The summed E-state index contributed by atoms with van der Waals surface area (Å²) in [4.78, 5) is 15.6. The van der Waals surface area contributed by atoms with Crippen molar-refractivity contribution in [3.8, 4) is 11.4 Å². The van der Waals surface area contributed by atoms with Gasteiger partial charge in [-0.1, -0.05) is 54.2 Å². The van der Waals surface area contributed by atoms with Crippen LogP contribution in [0.1, 0.15) is 4.88 Å². The number of carbonyl (C=O) groups excluding carboxylic acids is 1. The van der Waals surface area contributed by atoms with Crippen LogP contribution in [-0.4, -0.2) is 37.9 Å². The molecular weight excluding hydrogens is 364 g/mol. The molecule has 2 heterocycles. The minimum Gasteiger partial charge on any atom is -0.333 e. The first-order valence-electron chi connectivity index (χ1n) is 8.17. The molecule has 0 unspecified atom stereocenters. The number of nitrogens with zero attached hydrogens (tertiary/aromatic N) is 4. The van der Waals surface area contributed by atoms with Gasteiger partial charge in [-0.2, -0.15) is 0 Å². The Kier molecular flexibility index (Phi) is 6.25. The van der Waals surface area contributed by atoms with Crippen LogP contribution >= 0.6 is 23.1 Å². The number of amides is 1. The molecule has 0 radical (unpaired) electrons. The first-order valence-corrected chi connectivity index (χ1v) is 10.0. The standard InChI is InChI=1S/C19H20N4OS2/c1-3-11-23(13-16-10-7-12-25-16)17(24)14-26-19-21-20-18(22(19)2)15-8-5-4-6-9-15/h3-10,12H,1,11,13-14H2,2H3. The van der Waals surface area contributed by atoms with Crippen molar-refractivity contribution in [3.05, 3.63) is 65.4 Å². The summed E-state index contributed by atoms with van der Waals surface area (Å²) < 4.78 is 1.92. The van der Waals surface area contributed by atoms with Gasteiger partial charge in [-0.15, -0.1) is 28.1 Å². The van der Waals surface area contributed by atoms with Crippen LogP contribution in [0.4, 0.5) is 0 Å². The maximum Gasteiger partial charge on any atom is 0.233 e. The fraction of sp³-hybridized carbons (Fsp3) is 0.211. The molecule has 0 fully saturated rings. The van der Waals surface area contributed by atoms with Gasteiger partial charge in [0, 0.05) is 24.0 Å². The normalized spacial score (nSPS) is 10.7. The molecule has 1 aromatic carbocycles. The van der Waals surface area contributed by atoms with Crippen LogP contribution in [0.15, 0.2) is 65.7 Å². The number of carbonyl (C=O) groups is 1. The number of benzene rings is 1. The Hall–Kier alpha value is -2.38. The lowest BCUT2D eigenvalue weighted by Gasteiger charge is -2.20. The SMILES string of the molecule is C=CCN(Cc1cccs1)C(=O)CSc1nnc(-c2ccccc2)n1C. The zero-order valence-corrected chi connectivity index (χ0v) is 16.2. The first-order chi connectivity index (χ1) is 12.7. The van der Waals surface area contributed by atoms with Gasteiger partial charge in [0.1, 0.15) is 0 Å². The molecule has 0 aliphatic carbocycles. The molecule has 7 heteroatoms. The zero-order chi connectivity index (χ0) is 18.4. The van der Waals surface area contributed by atoms with Crippen LogP contribution in [0, 0.1) is 0 Å². The topological polar surface area (TPSA) is 51.0 Å². The summed E-state index contributed by atoms with van der Waals surface area (Å²) in [5, 5.41) is 11.2. The van der Waals surface area contributed by atoms with Crippen LogP contribution in [0.3, 0.4) is 0 Å². The van der Waals surface area contributed by atoms with Crippen molar-refractivity contribution < 1.29 is 4.79 Å². The molecule has 0 saturated heterocycles. The van der Waals surface area contributed by atoms with Crippen molar-refractivity contribution >= 4 is 29.0 Å². The Balaban J connectivity index is 1.65. The van der Waals surface area contributed by atoms with Crippen LogP contribution < -0.4 is 0 Å². The number of thiophene rings is 1. The van der Waals surface area contributed by atoms with Crippen LogP contribution in [0.2, 0.25) is 0 Å². The molecule has 0 bridgehead atoms. The van der Waals surface area contributed by atoms with Crippen molar-refractivity contribution in [1.29, 1.82) is 0 Å². The van der Waals surface area contributed by atoms with E-state index in [1.54, 1.807) is 22.3 Å². The van der Waals surface area contributed by atoms with Crippen LogP contribution in [-0.2, 0) is 18.4 Å². The monoisotopic (exact) mass is 384 g/mol. The summed E-state index contributed by atoms with van der Waals surface area (Å²) in [6.45, 7) is 4.90. The summed E-state index contributed by atoms with van der Waals surface area (Å²) in [6.07, 6.45) is 1.76. The Morgan fingerprint density at radius 2 is 2.08 bits per heavy atom. The third-order valence-corrected chi connectivity index (χ3v) is 5.69. The predicted molar refractivity (Wildman–Crippen MR) is 107 cm³/mol. The second kappa shape index (κ2) is 8.82. The number of hydrogen-bond acceptors (Lipinski definition) is 5. The fourth-order valence-electron chi connectivity index (χ4n) is 2.50. The summed E-state index contributed by atoms with van der Waals surface area (Å²) >= 11 is 3.06. The fourth-order valence-corrected chi connectivity index (χ4v) is 4.03. The van der Waals surface area contributed by atoms with Gasteiger partial charge in [0.25, 0.3) is 0 Å². The molecule has 1 amide bonds. The van der Waals surface area contributed by atoms with Crippen LogP contribution in [0.5, 0.6) is 0 Å². The van der Waals surface area contributed by atoms with E-state index >= 15 is 0 Å². The van der Waals surface area contributed by atoms with Crippen molar-refractivity contribution in [2.24, 2.45) is 7.05 Å². The number of aromatic nitrogens is 3. The Morgan fingerprint density at radius 3 is 2.77 bits per heavy atom. The van der Waals surface area contributed by atoms with Gasteiger partial charge < -0.3 is 9.47 Å². The van der Waals surface area contributed by atoms with Crippen molar-refractivity contribution in [2.75, 3.05) is 12.3 Å². The average molecular weight is 385 g/mol. The highest BCUT2D eigenvalue weighted by Gasteiger charge is 2.17. The van der Waals surface area contributed by atoms with E-state index in [-0.39, 0.29) is 5.91 Å². The highest BCUT2D eigenvalue weighted by Crippen LogP contribution is 2.23. The van der Waals surface area contributed by atoms with E-state index in [9.17, 15) is 4.79 Å². The van der Waals surface area contributed by atoms with Gasteiger partial charge in [0.05, 0.1) is 12.3 Å². The maximum atomic E-state index is 12.6. The molecule has 3 rings (SSSR count). The molecule has 0 saturated carbocycles. The van der Waals surface area contributed by atoms with E-state index in [1.807, 2.05) is 59.5 Å². The zero-order valence-electron chi connectivity index (χ0n) is 14.5. The van der Waals surface area contributed by atoms with Crippen LogP contribution in [0.25, 0.3) is 11.4 Å². The molecule has 2 aromatic heterocycles. The highest BCUT2D eigenvalue weighted by molar-refractivity contribution is 7.99. The molecular formula is C19H20N4OS2. The van der Waals surface area contributed by atoms with E-state index in [4.69, 9.17) is 0 Å². The predicted octanol–water partition coefficient (Wildman–Crippen LogP) is 3.85. The van der Waals surface area contributed by atoms with Gasteiger partial charge in [0.15, 0.2) is 11.0 Å². The quantitative estimate of drug-likeness (QED) is 0.437. The molecule has 5 nitrogen and oxygen atoms in total. The summed E-state index contributed by atoms with van der Waals surface area (Å²) in [5.41, 5.74) is 1.01. The molecule has 134 valence electrons. The summed E-state index contributed by atoms with van der Waals surface area (Å²) in [6, 6.07) is 13.9. The van der Waals surface area contributed by atoms with Gasteiger partial charge in [0.2, 0.25) is 5.91 Å². The van der Waals surface area contributed by atoms with E-state index in [0.717, 1.165) is 21.4 Å². The lowest BCUT2D eigenvalue weighted by molar-refractivity contribution is -0.128. The molecule has 3 aromatic rings. The molecule has 0 aliphatic heterocycles. The molecule has 0 atom stereocenters. The lowest BCUT2D eigenvalue weighted by Crippen LogP contribution is -2.31. The van der Waals surface area contributed by atoms with Gasteiger partial charge in [-0.3, -0.25) is 4.79 Å². The Morgan fingerprint density at radius 1 is 1.27 bits per heavy atom. The molecule has 0 aliphatic rings. The molecule has 0 spiro atoms. The second-order valence-electron chi connectivity index (χ2n) is 5.66. The molecule has 0 N–H and O–H groups in total. The van der Waals surface area contributed by atoms with Gasteiger partial charge >= 0.3 is 0 Å². The summed E-state index contributed by atoms with van der Waals surface area (Å²) in [5.74, 6) is 1.18. The largest absolute Gasteiger partial charge is 0.333 e. The van der Waals surface area contributed by atoms with E-state index < -0.39 is 0 Å². The van der Waals surface area contributed by atoms with Crippen molar-refractivity contribution in [1.82, 2.24) is 19.7 Å². The van der Waals surface area contributed by atoms with E-state index in [2.05, 4.69) is 16.8 Å². The van der Waals surface area contributed by atoms with Gasteiger partial charge in [-0.05, 0) is 11.4 Å². The van der Waals surface area contributed by atoms with Gasteiger partial charge in [-0.25, -0.2) is 0 Å². The van der Waals surface area contributed by atoms with Crippen molar-refractivity contribution in [2.45, 2.75) is 11.7 Å². The lowest BCUT2D eigenvalue weighted by atomic mass is 10.2. The number of thioether (sulfide) groups is 1. The van der Waals surface area contributed by atoms with E-state index in [0.29, 0.717) is 18.8 Å². The Bertz CT molecular complexity index is 859.